The molecule has 3 aromatic carbocycles. The van der Waals surface area contributed by atoms with E-state index in [1.807, 2.05) is 6.07 Å². The second-order valence-corrected chi connectivity index (χ2v) is 7.26. The molecule has 160 valence electrons. The van der Waals surface area contributed by atoms with Gasteiger partial charge in [0.15, 0.2) is 11.5 Å². The van der Waals surface area contributed by atoms with Gasteiger partial charge in [-0.15, -0.1) is 0 Å². The minimum Gasteiger partial charge on any atom is -0.493 e. The fraction of sp³-hybridized carbons (Fsp3) is 0.0417. The summed E-state index contributed by atoms with van der Waals surface area (Å²) in [6.07, 6.45) is 1.39. The van der Waals surface area contributed by atoms with Crippen molar-refractivity contribution in [3.05, 3.63) is 93.7 Å². The number of carbonyl (C=O) groups is 2. The zero-order valence-electron chi connectivity index (χ0n) is 16.8. The number of nitrogens with zero attached hydrogens (tertiary/aromatic N) is 1. The van der Waals surface area contributed by atoms with E-state index in [1.54, 1.807) is 30.3 Å². The number of ether oxygens (including phenoxy) is 2. The van der Waals surface area contributed by atoms with Gasteiger partial charge < -0.3 is 14.8 Å². The summed E-state index contributed by atoms with van der Waals surface area (Å²) in [6, 6.07) is 18.4. The van der Waals surface area contributed by atoms with Gasteiger partial charge in [-0.25, -0.2) is 9.18 Å². The van der Waals surface area contributed by atoms with Crippen LogP contribution in [0, 0.1) is 17.1 Å². The zero-order chi connectivity index (χ0) is 23.1. The highest BCUT2D eigenvalue weighted by Gasteiger charge is 2.15. The topological polar surface area (TPSA) is 88.4 Å². The van der Waals surface area contributed by atoms with Crippen LogP contribution in [-0.2, 0) is 4.79 Å². The highest BCUT2D eigenvalue weighted by molar-refractivity contribution is 9.10. The average molecular weight is 495 g/mol. The number of anilines is 1. The molecule has 0 fully saturated rings. The predicted molar refractivity (Wildman–Crippen MR) is 121 cm³/mol. The summed E-state index contributed by atoms with van der Waals surface area (Å²) in [7, 11) is 1.39. The summed E-state index contributed by atoms with van der Waals surface area (Å²) >= 11 is 3.34. The first-order valence-corrected chi connectivity index (χ1v) is 10.0. The van der Waals surface area contributed by atoms with Gasteiger partial charge in [0, 0.05) is 4.47 Å². The number of rotatable bonds is 6. The molecule has 0 aliphatic heterocycles. The van der Waals surface area contributed by atoms with Crippen LogP contribution in [0.5, 0.6) is 11.5 Å². The smallest absolute Gasteiger partial charge is 0.343 e. The first-order valence-electron chi connectivity index (χ1n) is 9.24. The molecule has 3 aromatic rings. The Kier molecular flexibility index (Phi) is 7.37. The van der Waals surface area contributed by atoms with E-state index < -0.39 is 17.7 Å². The fourth-order valence-corrected chi connectivity index (χ4v) is 3.05. The number of halogens is 2. The van der Waals surface area contributed by atoms with Crippen molar-refractivity contribution >= 4 is 39.6 Å². The number of esters is 1. The highest BCUT2D eigenvalue weighted by atomic mass is 79.9. The van der Waals surface area contributed by atoms with Crippen LogP contribution in [0.2, 0.25) is 0 Å². The van der Waals surface area contributed by atoms with Crippen molar-refractivity contribution in [3.8, 4) is 17.6 Å². The Morgan fingerprint density at radius 2 is 1.78 bits per heavy atom. The van der Waals surface area contributed by atoms with E-state index in [0.29, 0.717) is 15.7 Å². The summed E-state index contributed by atoms with van der Waals surface area (Å²) in [5.74, 6) is -1.37. The van der Waals surface area contributed by atoms with Crippen molar-refractivity contribution in [1.82, 2.24) is 0 Å². The van der Waals surface area contributed by atoms with Gasteiger partial charge in [0.2, 0.25) is 0 Å². The third-order valence-electron chi connectivity index (χ3n) is 4.27. The lowest BCUT2D eigenvalue weighted by Gasteiger charge is -2.10. The number of hydrogen-bond acceptors (Lipinski definition) is 5. The minimum atomic E-state index is -0.683. The zero-order valence-corrected chi connectivity index (χ0v) is 18.4. The van der Waals surface area contributed by atoms with Gasteiger partial charge in [-0.1, -0.05) is 18.2 Å². The molecule has 0 spiro atoms. The molecule has 0 saturated carbocycles. The second kappa shape index (κ2) is 10.4. The monoisotopic (exact) mass is 494 g/mol. The molecule has 0 radical (unpaired) electrons. The molecule has 0 aliphatic carbocycles. The number of nitriles is 1. The lowest BCUT2D eigenvalue weighted by molar-refractivity contribution is -0.112. The number of para-hydroxylation sites is 1. The van der Waals surface area contributed by atoms with Crippen LogP contribution >= 0.6 is 15.9 Å². The van der Waals surface area contributed by atoms with Gasteiger partial charge in [-0.3, -0.25) is 4.79 Å². The van der Waals surface area contributed by atoms with Gasteiger partial charge in [0.1, 0.15) is 17.5 Å². The Labute approximate surface area is 192 Å². The van der Waals surface area contributed by atoms with Crippen LogP contribution in [0.1, 0.15) is 15.9 Å². The molecule has 0 aliphatic rings. The molecule has 0 saturated heterocycles. The molecule has 0 unspecified atom stereocenters. The van der Waals surface area contributed by atoms with Crippen molar-refractivity contribution in [1.29, 1.82) is 5.26 Å². The predicted octanol–water partition coefficient (Wildman–Crippen LogP) is 5.36. The van der Waals surface area contributed by atoms with E-state index in [2.05, 4.69) is 21.2 Å². The number of methoxy groups -OCH3 is 1. The van der Waals surface area contributed by atoms with Crippen LogP contribution in [-0.4, -0.2) is 19.0 Å². The maximum Gasteiger partial charge on any atom is 0.343 e. The fourth-order valence-electron chi connectivity index (χ4n) is 2.67. The summed E-state index contributed by atoms with van der Waals surface area (Å²) in [6.45, 7) is 0. The largest absolute Gasteiger partial charge is 0.493 e. The van der Waals surface area contributed by atoms with Gasteiger partial charge in [-0.2, -0.15) is 5.26 Å². The lowest BCUT2D eigenvalue weighted by atomic mass is 10.1. The minimum absolute atomic E-state index is 0.126. The maximum absolute atomic E-state index is 13.0. The van der Waals surface area contributed by atoms with Crippen molar-refractivity contribution in [2.75, 3.05) is 12.4 Å². The van der Waals surface area contributed by atoms with Crippen LogP contribution in [0.3, 0.4) is 0 Å². The molecule has 0 atom stereocenters. The number of benzene rings is 3. The molecular weight excluding hydrogens is 479 g/mol. The summed E-state index contributed by atoms with van der Waals surface area (Å²) in [4.78, 5) is 24.8. The Morgan fingerprint density at radius 1 is 1.06 bits per heavy atom. The molecule has 1 N–H and O–H groups in total. The van der Waals surface area contributed by atoms with Crippen LogP contribution in [0.15, 0.2) is 76.8 Å². The van der Waals surface area contributed by atoms with Crippen LogP contribution < -0.4 is 14.8 Å². The van der Waals surface area contributed by atoms with Crippen molar-refractivity contribution in [2.45, 2.75) is 0 Å². The molecule has 0 heterocycles. The van der Waals surface area contributed by atoms with E-state index in [4.69, 9.17) is 9.47 Å². The molecule has 3 rings (SSSR count). The molecule has 8 heteroatoms. The molecule has 0 bridgehead atoms. The number of hydrogen-bond donors (Lipinski definition) is 1. The van der Waals surface area contributed by atoms with Crippen molar-refractivity contribution < 1.29 is 23.5 Å². The maximum atomic E-state index is 13.0. The van der Waals surface area contributed by atoms with Crippen LogP contribution in [0.4, 0.5) is 10.1 Å². The van der Waals surface area contributed by atoms with Gasteiger partial charge in [0.25, 0.3) is 5.91 Å². The lowest BCUT2D eigenvalue weighted by Crippen LogP contribution is -2.13. The highest BCUT2D eigenvalue weighted by Crippen LogP contribution is 2.30. The molecule has 6 nitrogen and oxygen atoms in total. The quantitative estimate of drug-likeness (QED) is 0.215. The second-order valence-electron chi connectivity index (χ2n) is 6.41. The first-order chi connectivity index (χ1) is 15.4. The summed E-state index contributed by atoms with van der Waals surface area (Å²) in [5, 5.41) is 12.1. The van der Waals surface area contributed by atoms with Crippen molar-refractivity contribution in [2.24, 2.45) is 0 Å². The first kappa shape index (κ1) is 22.7. The van der Waals surface area contributed by atoms with Crippen molar-refractivity contribution in [3.63, 3.8) is 0 Å². The van der Waals surface area contributed by atoms with Gasteiger partial charge >= 0.3 is 5.97 Å². The van der Waals surface area contributed by atoms with Crippen LogP contribution in [0.25, 0.3) is 6.08 Å². The third-order valence-corrected chi connectivity index (χ3v) is 4.96. The third kappa shape index (κ3) is 5.59. The molecule has 0 aromatic heterocycles. The van der Waals surface area contributed by atoms with E-state index in [9.17, 15) is 19.2 Å². The standard InChI is InChI=1S/C24H16BrFN2O4/c1-31-22-13-15(6-11-21(22)32-24(30)16-7-9-18(26)10-8-16)12-17(14-27)23(29)28-20-5-3-2-4-19(20)25/h2-13H,1H3,(H,28,29). The molecule has 32 heavy (non-hydrogen) atoms. The van der Waals surface area contributed by atoms with E-state index in [-0.39, 0.29) is 22.6 Å². The van der Waals surface area contributed by atoms with Gasteiger partial charge in [0.05, 0.1) is 18.4 Å². The summed E-state index contributed by atoms with van der Waals surface area (Å²) < 4.78 is 24.3. The van der Waals surface area contributed by atoms with Gasteiger partial charge in [-0.05, 0) is 76.1 Å². The number of nitrogens with one attached hydrogen (secondary N) is 1. The average Bonchev–Trinajstić information content (AvgIpc) is 2.80. The van der Waals surface area contributed by atoms with E-state index in [1.165, 1.54) is 37.5 Å². The summed E-state index contributed by atoms with van der Waals surface area (Å²) in [5.41, 5.74) is 1.06. The van der Waals surface area contributed by atoms with E-state index in [0.717, 1.165) is 12.1 Å². The normalized spacial score (nSPS) is 10.8. The molecule has 1 amide bonds. The SMILES string of the molecule is COc1cc(C=C(C#N)C(=O)Nc2ccccc2Br)ccc1OC(=O)c1ccc(F)cc1. The Balaban J connectivity index is 1.80. The number of carbonyl (C=O) groups excluding carboxylic acids is 2. The Morgan fingerprint density at radius 3 is 2.44 bits per heavy atom. The Hall–Kier alpha value is -3.96. The molecular formula is C24H16BrFN2O4. The number of amides is 1. The Bertz CT molecular complexity index is 1230. The van der Waals surface area contributed by atoms with E-state index >= 15 is 0 Å².